The fourth-order valence-electron chi connectivity index (χ4n) is 3.43. The molecule has 2 fully saturated rings. The van der Waals surface area contributed by atoms with Crippen molar-refractivity contribution in [3.8, 4) is 0 Å². The number of hydrogen-bond acceptors (Lipinski definition) is 5. The molecule has 1 saturated heterocycles. The smallest absolute Gasteiger partial charge is 0.246 e. The van der Waals surface area contributed by atoms with Crippen molar-refractivity contribution in [3.63, 3.8) is 0 Å². The third-order valence-corrected chi connectivity index (χ3v) is 8.53. The molecule has 136 valence electrons. The average molecular weight is 377 g/mol. The SMILES string of the molecule is Cn1cc(S(=O)(=O)N2CCC[C@@H](S(=O)(=O)NC3CCCC3)C2)cn1. The molecular formula is C14H24N4O4S2. The van der Waals surface area contributed by atoms with Gasteiger partial charge in [0.05, 0.1) is 11.4 Å². The minimum absolute atomic E-state index is 0.000284. The molecule has 1 saturated carbocycles. The molecule has 0 bridgehead atoms. The van der Waals surface area contributed by atoms with Gasteiger partial charge in [0.2, 0.25) is 20.0 Å². The molecule has 1 N–H and O–H groups in total. The lowest BCUT2D eigenvalue weighted by Gasteiger charge is -2.32. The number of rotatable bonds is 5. The van der Waals surface area contributed by atoms with E-state index in [2.05, 4.69) is 9.82 Å². The molecule has 2 heterocycles. The van der Waals surface area contributed by atoms with Crippen LogP contribution in [0.25, 0.3) is 0 Å². The summed E-state index contributed by atoms with van der Waals surface area (Å²) >= 11 is 0. The summed E-state index contributed by atoms with van der Waals surface area (Å²) < 4.78 is 56.0. The third-order valence-electron chi connectivity index (χ3n) is 4.78. The second-order valence-corrected chi connectivity index (χ2v) is 10.6. The maximum Gasteiger partial charge on any atom is 0.246 e. The standard InChI is InChI=1S/C14H24N4O4S2/c1-17-10-14(9-15-17)24(21,22)18-8-4-7-13(11-18)23(19,20)16-12-5-2-3-6-12/h9-10,12-13,16H,2-8,11H2,1H3/t13-/m1/s1. The van der Waals surface area contributed by atoms with Gasteiger partial charge in [0.15, 0.2) is 0 Å². The average Bonchev–Trinajstić information content (AvgIpc) is 3.19. The van der Waals surface area contributed by atoms with Crippen LogP contribution in [0.1, 0.15) is 38.5 Å². The van der Waals surface area contributed by atoms with Gasteiger partial charge in [0, 0.05) is 32.4 Å². The first-order valence-corrected chi connectivity index (χ1v) is 11.3. The van der Waals surface area contributed by atoms with Crippen molar-refractivity contribution in [1.82, 2.24) is 18.8 Å². The van der Waals surface area contributed by atoms with Gasteiger partial charge in [-0.2, -0.15) is 9.40 Å². The van der Waals surface area contributed by atoms with Gasteiger partial charge < -0.3 is 0 Å². The van der Waals surface area contributed by atoms with E-state index >= 15 is 0 Å². The predicted molar refractivity (Wildman–Crippen MR) is 89.3 cm³/mol. The first kappa shape index (κ1) is 17.8. The summed E-state index contributed by atoms with van der Waals surface area (Å²) in [6, 6.07) is 0.000284. The Morgan fingerprint density at radius 3 is 2.46 bits per heavy atom. The van der Waals surface area contributed by atoms with Gasteiger partial charge in [0.25, 0.3) is 0 Å². The van der Waals surface area contributed by atoms with Gasteiger partial charge in [0.1, 0.15) is 4.90 Å². The summed E-state index contributed by atoms with van der Waals surface area (Å²) in [5, 5.41) is 3.20. The van der Waals surface area contributed by atoms with Gasteiger partial charge in [-0.15, -0.1) is 0 Å². The third kappa shape index (κ3) is 3.66. The Hall–Kier alpha value is -0.970. The molecule has 10 heteroatoms. The van der Waals surface area contributed by atoms with Crippen LogP contribution in [0.2, 0.25) is 0 Å². The molecular weight excluding hydrogens is 352 g/mol. The van der Waals surface area contributed by atoms with E-state index < -0.39 is 25.3 Å². The van der Waals surface area contributed by atoms with Crippen LogP contribution in [-0.4, -0.2) is 55.3 Å². The van der Waals surface area contributed by atoms with Gasteiger partial charge in [-0.05, 0) is 25.7 Å². The number of aromatic nitrogens is 2. The summed E-state index contributed by atoms with van der Waals surface area (Å²) in [4.78, 5) is 0.104. The first-order chi connectivity index (χ1) is 11.3. The van der Waals surface area contributed by atoms with Crippen LogP contribution in [0, 0.1) is 0 Å². The van der Waals surface area contributed by atoms with E-state index in [1.807, 2.05) is 0 Å². The van der Waals surface area contributed by atoms with Crippen LogP contribution in [0.15, 0.2) is 17.3 Å². The molecule has 1 aromatic heterocycles. The second kappa shape index (κ2) is 6.74. The molecule has 0 unspecified atom stereocenters. The highest BCUT2D eigenvalue weighted by Gasteiger charge is 2.37. The molecule has 1 atom stereocenters. The van der Waals surface area contributed by atoms with Gasteiger partial charge in [-0.1, -0.05) is 12.8 Å². The summed E-state index contributed by atoms with van der Waals surface area (Å²) in [7, 11) is -5.57. The van der Waals surface area contributed by atoms with Crippen LogP contribution < -0.4 is 4.72 Å². The molecule has 1 aromatic rings. The van der Waals surface area contributed by atoms with Crippen molar-refractivity contribution in [2.45, 2.75) is 54.7 Å². The topological polar surface area (TPSA) is 101 Å². The maximum atomic E-state index is 12.7. The molecule has 1 aliphatic heterocycles. The Labute approximate surface area is 143 Å². The lowest BCUT2D eigenvalue weighted by atomic mass is 10.2. The molecule has 1 aliphatic carbocycles. The zero-order valence-corrected chi connectivity index (χ0v) is 15.4. The molecule has 3 rings (SSSR count). The van der Waals surface area contributed by atoms with E-state index in [0.29, 0.717) is 19.4 Å². The highest BCUT2D eigenvalue weighted by molar-refractivity contribution is 7.90. The summed E-state index contributed by atoms with van der Waals surface area (Å²) in [5.74, 6) is 0. The molecule has 0 amide bonds. The van der Waals surface area contributed by atoms with Crippen molar-refractivity contribution < 1.29 is 16.8 Å². The fraction of sp³-hybridized carbons (Fsp3) is 0.786. The number of nitrogens with zero attached hydrogens (tertiary/aromatic N) is 3. The zero-order chi connectivity index (χ0) is 17.4. The number of hydrogen-bond donors (Lipinski definition) is 1. The summed E-state index contributed by atoms with van der Waals surface area (Å²) in [6.07, 6.45) is 7.57. The van der Waals surface area contributed by atoms with E-state index in [4.69, 9.17) is 0 Å². The number of aryl methyl sites for hydroxylation is 1. The highest BCUT2D eigenvalue weighted by Crippen LogP contribution is 2.25. The molecule has 0 radical (unpaired) electrons. The van der Waals surface area contributed by atoms with E-state index in [0.717, 1.165) is 25.7 Å². The van der Waals surface area contributed by atoms with Crippen molar-refractivity contribution in [3.05, 3.63) is 12.4 Å². The predicted octanol–water partition coefficient (Wildman–Crippen LogP) is 0.435. The van der Waals surface area contributed by atoms with Crippen LogP contribution >= 0.6 is 0 Å². The van der Waals surface area contributed by atoms with Crippen molar-refractivity contribution in [2.75, 3.05) is 13.1 Å². The molecule has 0 spiro atoms. The van der Waals surface area contributed by atoms with Gasteiger partial charge >= 0.3 is 0 Å². The lowest BCUT2D eigenvalue weighted by molar-refractivity contribution is 0.343. The van der Waals surface area contributed by atoms with Gasteiger partial charge in [-0.3, -0.25) is 4.68 Å². The Morgan fingerprint density at radius 1 is 1.12 bits per heavy atom. The fourth-order valence-corrected chi connectivity index (χ4v) is 6.78. The zero-order valence-electron chi connectivity index (χ0n) is 13.8. The summed E-state index contributed by atoms with van der Waals surface area (Å²) in [6.45, 7) is 0.339. The number of piperidine rings is 1. The normalized spacial score (nSPS) is 24.5. The number of sulfonamides is 2. The largest absolute Gasteiger partial charge is 0.274 e. The van der Waals surface area contributed by atoms with Crippen molar-refractivity contribution in [1.29, 1.82) is 0 Å². The van der Waals surface area contributed by atoms with E-state index in [1.165, 1.54) is 21.4 Å². The van der Waals surface area contributed by atoms with Crippen molar-refractivity contribution in [2.24, 2.45) is 7.05 Å². The molecule has 2 aliphatic rings. The minimum atomic E-state index is -3.70. The van der Waals surface area contributed by atoms with Crippen LogP contribution in [0.3, 0.4) is 0 Å². The van der Waals surface area contributed by atoms with E-state index in [-0.39, 0.29) is 17.5 Å². The highest BCUT2D eigenvalue weighted by atomic mass is 32.2. The Balaban J connectivity index is 1.74. The second-order valence-electron chi connectivity index (χ2n) is 6.62. The van der Waals surface area contributed by atoms with Gasteiger partial charge in [-0.25, -0.2) is 21.6 Å². The van der Waals surface area contributed by atoms with Crippen LogP contribution in [0.5, 0.6) is 0 Å². The van der Waals surface area contributed by atoms with E-state index in [1.54, 1.807) is 7.05 Å². The minimum Gasteiger partial charge on any atom is -0.274 e. The first-order valence-electron chi connectivity index (χ1n) is 8.29. The maximum absolute atomic E-state index is 12.7. The monoisotopic (exact) mass is 376 g/mol. The lowest BCUT2D eigenvalue weighted by Crippen LogP contribution is -2.49. The molecule has 8 nitrogen and oxygen atoms in total. The molecule has 24 heavy (non-hydrogen) atoms. The number of nitrogens with one attached hydrogen (secondary N) is 1. The van der Waals surface area contributed by atoms with Crippen LogP contribution in [0.4, 0.5) is 0 Å². The van der Waals surface area contributed by atoms with E-state index in [9.17, 15) is 16.8 Å². The van der Waals surface area contributed by atoms with Crippen LogP contribution in [-0.2, 0) is 27.1 Å². The quantitative estimate of drug-likeness (QED) is 0.803. The Kier molecular flexibility index (Phi) is 5.01. The molecule has 0 aromatic carbocycles. The van der Waals surface area contributed by atoms with Crippen molar-refractivity contribution >= 4 is 20.0 Å². The summed E-state index contributed by atoms with van der Waals surface area (Å²) in [5.41, 5.74) is 0. The Bertz CT molecular complexity index is 781. The Morgan fingerprint density at radius 2 is 1.83 bits per heavy atom.